The third-order valence-electron chi connectivity index (χ3n) is 3.65. The van der Waals surface area contributed by atoms with Gasteiger partial charge in [0, 0.05) is 0 Å². The number of ether oxygens (including phenoxy) is 1. The number of halogens is 3. The second-order valence-electron chi connectivity index (χ2n) is 5.62. The van der Waals surface area contributed by atoms with Crippen molar-refractivity contribution in [2.45, 2.75) is 20.9 Å². The molecule has 0 heterocycles. The summed E-state index contributed by atoms with van der Waals surface area (Å²) in [5.41, 5.74) is 0.137. The minimum Gasteiger partial charge on any atom is -0.452 e. The topological polar surface area (TPSA) is 26.3 Å². The van der Waals surface area contributed by atoms with Crippen LogP contribution in [0.2, 0.25) is 0 Å². The molecular formula is C21H16F3O2S+. The lowest BCUT2D eigenvalue weighted by atomic mass is 10.2. The summed E-state index contributed by atoms with van der Waals surface area (Å²) in [7, 11) is -0.654. The second kappa shape index (κ2) is 8.31. The molecule has 0 unspecified atom stereocenters. The van der Waals surface area contributed by atoms with E-state index in [-0.39, 0.29) is 5.56 Å². The van der Waals surface area contributed by atoms with Crippen molar-refractivity contribution in [3.8, 4) is 0 Å². The predicted octanol–water partition coefficient (Wildman–Crippen LogP) is 5.50. The number of esters is 1. The lowest BCUT2D eigenvalue weighted by Crippen LogP contribution is -2.21. The van der Waals surface area contributed by atoms with Crippen molar-refractivity contribution in [3.63, 3.8) is 0 Å². The molecule has 0 aliphatic heterocycles. The zero-order valence-corrected chi connectivity index (χ0v) is 15.0. The van der Waals surface area contributed by atoms with Crippen molar-refractivity contribution in [2.24, 2.45) is 0 Å². The molecule has 0 aliphatic rings. The molecule has 0 atom stereocenters. The Morgan fingerprint density at radius 3 is 1.78 bits per heavy atom. The van der Waals surface area contributed by atoms with Gasteiger partial charge >= 0.3 is 12.1 Å². The van der Waals surface area contributed by atoms with Crippen LogP contribution in [-0.4, -0.2) is 18.8 Å². The molecule has 0 saturated heterocycles. The Balaban J connectivity index is 2.05. The van der Waals surface area contributed by atoms with Crippen molar-refractivity contribution >= 4 is 16.9 Å². The monoisotopic (exact) mass is 389 g/mol. The molecule has 2 nitrogen and oxygen atoms in total. The predicted molar refractivity (Wildman–Crippen MR) is 97.8 cm³/mol. The maximum atomic E-state index is 12.4. The van der Waals surface area contributed by atoms with Gasteiger partial charge in [0.25, 0.3) is 0 Å². The van der Waals surface area contributed by atoms with Crippen LogP contribution < -0.4 is 0 Å². The van der Waals surface area contributed by atoms with Crippen LogP contribution in [0.3, 0.4) is 0 Å². The van der Waals surface area contributed by atoms with Gasteiger partial charge in [-0.3, -0.25) is 0 Å². The number of alkyl halides is 3. The van der Waals surface area contributed by atoms with Gasteiger partial charge in [-0.15, -0.1) is 0 Å². The summed E-state index contributed by atoms with van der Waals surface area (Å²) in [6, 6.07) is 25.7. The maximum Gasteiger partial charge on any atom is 0.422 e. The molecule has 0 N–H and O–H groups in total. The highest BCUT2D eigenvalue weighted by Crippen LogP contribution is 2.33. The van der Waals surface area contributed by atoms with Crippen molar-refractivity contribution in [1.82, 2.24) is 0 Å². The molecule has 0 bridgehead atoms. The number of hydrogen-bond acceptors (Lipinski definition) is 2. The van der Waals surface area contributed by atoms with Crippen LogP contribution in [0, 0.1) is 0 Å². The summed E-state index contributed by atoms with van der Waals surface area (Å²) in [6.07, 6.45) is -4.56. The Hall–Kier alpha value is -2.73. The first-order valence-corrected chi connectivity index (χ1v) is 9.35. The lowest BCUT2D eigenvalue weighted by molar-refractivity contribution is -0.161. The molecule has 138 valence electrons. The molecular weight excluding hydrogens is 373 g/mol. The molecule has 0 aromatic heterocycles. The molecule has 0 amide bonds. The number of hydrogen-bond donors (Lipinski definition) is 0. The van der Waals surface area contributed by atoms with E-state index in [1.54, 1.807) is 18.2 Å². The van der Waals surface area contributed by atoms with Crippen LogP contribution in [0.15, 0.2) is 99.6 Å². The minimum absolute atomic E-state index is 0.137. The van der Waals surface area contributed by atoms with Crippen LogP contribution >= 0.6 is 0 Å². The van der Waals surface area contributed by atoms with E-state index in [4.69, 9.17) is 0 Å². The standard InChI is InChI=1S/C21H16F3O2S/c22-21(23,24)15-26-20(25)18-13-7-8-14-19(18)27(16-9-3-1-4-10-16)17-11-5-2-6-12-17/h1-14H,15H2/q+1. The summed E-state index contributed by atoms with van der Waals surface area (Å²) in [5, 5.41) is 0. The van der Waals surface area contributed by atoms with Crippen molar-refractivity contribution < 1.29 is 22.7 Å². The fraction of sp³-hybridized carbons (Fsp3) is 0.0952. The molecule has 3 rings (SSSR count). The molecule has 0 radical (unpaired) electrons. The van der Waals surface area contributed by atoms with E-state index in [2.05, 4.69) is 4.74 Å². The summed E-state index contributed by atoms with van der Waals surface area (Å²) in [5.74, 6) is -0.979. The Morgan fingerprint density at radius 2 is 1.26 bits per heavy atom. The first-order valence-electron chi connectivity index (χ1n) is 8.13. The largest absolute Gasteiger partial charge is 0.452 e. The Kier molecular flexibility index (Phi) is 5.86. The number of carbonyl (C=O) groups is 1. The number of rotatable bonds is 5. The average Bonchev–Trinajstić information content (AvgIpc) is 2.68. The molecule has 0 fully saturated rings. The van der Waals surface area contributed by atoms with E-state index in [0.717, 1.165) is 9.79 Å². The molecule has 27 heavy (non-hydrogen) atoms. The summed E-state index contributed by atoms with van der Waals surface area (Å²) < 4.78 is 41.8. The average molecular weight is 389 g/mol. The van der Waals surface area contributed by atoms with E-state index in [1.807, 2.05) is 60.7 Å². The van der Waals surface area contributed by atoms with Crippen LogP contribution in [-0.2, 0) is 15.6 Å². The van der Waals surface area contributed by atoms with E-state index in [9.17, 15) is 18.0 Å². The highest BCUT2D eigenvalue weighted by molar-refractivity contribution is 7.97. The van der Waals surface area contributed by atoms with Gasteiger partial charge in [-0.05, 0) is 36.4 Å². The first kappa shape index (κ1) is 19.0. The van der Waals surface area contributed by atoms with Gasteiger partial charge in [0.15, 0.2) is 21.3 Å². The summed E-state index contributed by atoms with van der Waals surface area (Å²) in [6.45, 7) is -1.61. The van der Waals surface area contributed by atoms with Crippen LogP contribution in [0.5, 0.6) is 0 Å². The van der Waals surface area contributed by atoms with Crippen molar-refractivity contribution in [3.05, 3.63) is 90.5 Å². The number of benzene rings is 3. The van der Waals surface area contributed by atoms with Gasteiger partial charge in [-0.25, -0.2) is 4.79 Å². The Morgan fingerprint density at radius 1 is 0.778 bits per heavy atom. The fourth-order valence-corrected chi connectivity index (χ4v) is 4.77. The SMILES string of the molecule is O=C(OCC(F)(F)F)c1ccccc1[S+](c1ccccc1)c1ccccc1. The van der Waals surface area contributed by atoms with Gasteiger partial charge in [-0.1, -0.05) is 48.5 Å². The van der Waals surface area contributed by atoms with Gasteiger partial charge in [0.2, 0.25) is 0 Å². The van der Waals surface area contributed by atoms with E-state index in [0.29, 0.717) is 4.90 Å². The summed E-state index contributed by atoms with van der Waals surface area (Å²) >= 11 is 0. The molecule has 6 heteroatoms. The van der Waals surface area contributed by atoms with Crippen LogP contribution in [0.4, 0.5) is 13.2 Å². The minimum atomic E-state index is -4.56. The lowest BCUT2D eigenvalue weighted by Gasteiger charge is -2.12. The Labute approximate surface area is 158 Å². The van der Waals surface area contributed by atoms with Gasteiger partial charge in [0.05, 0.1) is 0 Å². The van der Waals surface area contributed by atoms with Crippen molar-refractivity contribution in [2.75, 3.05) is 6.61 Å². The van der Waals surface area contributed by atoms with E-state index < -0.39 is 29.6 Å². The normalized spacial score (nSPS) is 11.4. The zero-order chi connectivity index (χ0) is 19.3. The maximum absolute atomic E-state index is 12.4. The quantitative estimate of drug-likeness (QED) is 0.425. The van der Waals surface area contributed by atoms with E-state index >= 15 is 0 Å². The zero-order valence-electron chi connectivity index (χ0n) is 14.1. The van der Waals surface area contributed by atoms with Gasteiger partial charge < -0.3 is 4.74 Å². The third kappa shape index (κ3) is 4.92. The highest BCUT2D eigenvalue weighted by atomic mass is 32.2. The third-order valence-corrected chi connectivity index (χ3v) is 5.93. The van der Waals surface area contributed by atoms with E-state index in [1.165, 1.54) is 6.07 Å². The second-order valence-corrected chi connectivity index (χ2v) is 7.61. The molecule has 3 aromatic rings. The molecule has 3 aromatic carbocycles. The molecule has 0 spiro atoms. The number of carbonyl (C=O) groups excluding carboxylic acids is 1. The first-order chi connectivity index (χ1) is 13.0. The van der Waals surface area contributed by atoms with Gasteiger partial charge in [-0.2, -0.15) is 13.2 Å². The summed E-state index contributed by atoms with van der Waals surface area (Å²) in [4.78, 5) is 14.9. The fourth-order valence-electron chi connectivity index (χ4n) is 2.54. The highest BCUT2D eigenvalue weighted by Gasteiger charge is 2.35. The molecule has 0 saturated carbocycles. The van der Waals surface area contributed by atoms with Crippen LogP contribution in [0.1, 0.15) is 10.4 Å². The molecule has 0 aliphatic carbocycles. The van der Waals surface area contributed by atoms with Crippen molar-refractivity contribution in [1.29, 1.82) is 0 Å². The Bertz CT molecular complexity index is 857. The van der Waals surface area contributed by atoms with Crippen LogP contribution in [0.25, 0.3) is 0 Å². The van der Waals surface area contributed by atoms with Gasteiger partial charge in [0.1, 0.15) is 16.5 Å². The smallest absolute Gasteiger partial charge is 0.422 e.